The Hall–Kier alpha value is -3.36. The number of nitrogens with two attached hydrogens (primary N) is 1. The van der Waals surface area contributed by atoms with Gasteiger partial charge < -0.3 is 21.3 Å². The van der Waals surface area contributed by atoms with Crippen molar-refractivity contribution in [3.63, 3.8) is 0 Å². The molecule has 0 aromatic heterocycles. The van der Waals surface area contributed by atoms with Crippen LogP contribution >= 0.6 is 0 Å². The minimum atomic E-state index is -0.672. The van der Waals surface area contributed by atoms with Crippen molar-refractivity contribution in [1.82, 2.24) is 15.5 Å². The van der Waals surface area contributed by atoms with Gasteiger partial charge in [0.2, 0.25) is 5.91 Å². The number of halogens is 2. The average Bonchev–Trinajstić information content (AvgIpc) is 2.99. The molecule has 3 aromatic carbocycles. The van der Waals surface area contributed by atoms with Crippen LogP contribution in [0.3, 0.4) is 0 Å². The van der Waals surface area contributed by atoms with E-state index in [1.54, 1.807) is 11.0 Å². The van der Waals surface area contributed by atoms with Gasteiger partial charge in [0, 0.05) is 37.3 Å². The molecule has 1 aliphatic rings. The van der Waals surface area contributed by atoms with Crippen molar-refractivity contribution in [1.29, 1.82) is 0 Å². The van der Waals surface area contributed by atoms with E-state index in [1.165, 1.54) is 12.1 Å². The minimum absolute atomic E-state index is 0.116. The highest BCUT2D eigenvalue weighted by molar-refractivity contribution is 5.98. The fourth-order valence-electron chi connectivity index (χ4n) is 4.50. The molecule has 2 amide bonds. The molecule has 1 aliphatic heterocycles. The number of hydrogen-bond acceptors (Lipinski definition) is 4. The first kappa shape index (κ1) is 24.8. The zero-order valence-electron chi connectivity index (χ0n) is 19.5. The second-order valence-corrected chi connectivity index (χ2v) is 8.95. The van der Waals surface area contributed by atoms with E-state index in [-0.39, 0.29) is 24.4 Å². The molecule has 4 rings (SSSR count). The SMILES string of the molecule is NCCC[C@@H]1N[C@H](CNC(=O)c2ccc3ccccc3c2)CCN(Cc2cc(F)cc(F)c2)C1=O. The zero-order valence-corrected chi connectivity index (χ0v) is 19.5. The Bertz CT molecular complexity index is 1180. The lowest BCUT2D eigenvalue weighted by Gasteiger charge is -2.25. The topological polar surface area (TPSA) is 87.5 Å². The number of nitrogens with zero attached hydrogens (tertiary/aromatic N) is 1. The molecule has 0 saturated carbocycles. The van der Waals surface area contributed by atoms with E-state index < -0.39 is 17.7 Å². The zero-order chi connectivity index (χ0) is 24.8. The maximum absolute atomic E-state index is 13.7. The third-order valence-corrected chi connectivity index (χ3v) is 6.31. The monoisotopic (exact) mass is 480 g/mol. The van der Waals surface area contributed by atoms with Gasteiger partial charge in [-0.05, 0) is 66.4 Å². The lowest BCUT2D eigenvalue weighted by atomic mass is 10.1. The molecule has 0 aliphatic carbocycles. The smallest absolute Gasteiger partial charge is 0.251 e. The van der Waals surface area contributed by atoms with Crippen molar-refractivity contribution >= 4 is 22.6 Å². The molecule has 0 bridgehead atoms. The summed E-state index contributed by atoms with van der Waals surface area (Å²) in [6, 6.07) is 16.1. The molecule has 8 heteroatoms. The van der Waals surface area contributed by atoms with Crippen LogP contribution in [0.25, 0.3) is 10.8 Å². The molecule has 0 unspecified atom stereocenters. The van der Waals surface area contributed by atoms with Gasteiger partial charge in [-0.1, -0.05) is 30.3 Å². The molecule has 1 fully saturated rings. The van der Waals surface area contributed by atoms with E-state index in [1.807, 2.05) is 36.4 Å². The Labute approximate surface area is 203 Å². The summed E-state index contributed by atoms with van der Waals surface area (Å²) in [5.74, 6) is -1.66. The largest absolute Gasteiger partial charge is 0.350 e. The highest BCUT2D eigenvalue weighted by Gasteiger charge is 2.30. The Kier molecular flexibility index (Phi) is 8.05. The summed E-state index contributed by atoms with van der Waals surface area (Å²) >= 11 is 0. The highest BCUT2D eigenvalue weighted by atomic mass is 19.1. The third kappa shape index (κ3) is 6.41. The average molecular weight is 481 g/mol. The maximum atomic E-state index is 13.7. The fraction of sp³-hybridized carbons (Fsp3) is 0.333. The predicted molar refractivity (Wildman–Crippen MR) is 132 cm³/mol. The van der Waals surface area contributed by atoms with Crippen LogP contribution in [-0.2, 0) is 11.3 Å². The van der Waals surface area contributed by atoms with Gasteiger partial charge in [-0.25, -0.2) is 8.78 Å². The molecule has 1 heterocycles. The summed E-state index contributed by atoms with van der Waals surface area (Å²) in [5, 5.41) is 8.40. The van der Waals surface area contributed by atoms with E-state index in [4.69, 9.17) is 5.73 Å². The van der Waals surface area contributed by atoms with Crippen molar-refractivity contribution in [2.45, 2.75) is 37.9 Å². The van der Waals surface area contributed by atoms with Crippen LogP contribution in [0.1, 0.15) is 35.2 Å². The van der Waals surface area contributed by atoms with Gasteiger partial charge in [0.15, 0.2) is 0 Å². The molecule has 0 spiro atoms. The van der Waals surface area contributed by atoms with Crippen LogP contribution in [-0.4, -0.2) is 48.4 Å². The van der Waals surface area contributed by atoms with Crippen molar-refractivity contribution in [3.8, 4) is 0 Å². The van der Waals surface area contributed by atoms with Gasteiger partial charge in [0.1, 0.15) is 11.6 Å². The lowest BCUT2D eigenvalue weighted by molar-refractivity contribution is -0.133. The van der Waals surface area contributed by atoms with Crippen molar-refractivity contribution < 1.29 is 18.4 Å². The van der Waals surface area contributed by atoms with Crippen molar-refractivity contribution in [3.05, 3.63) is 83.4 Å². The van der Waals surface area contributed by atoms with Crippen LogP contribution in [0.5, 0.6) is 0 Å². The Morgan fingerprint density at radius 3 is 2.54 bits per heavy atom. The Morgan fingerprint density at radius 2 is 1.80 bits per heavy atom. The molecular formula is C27H30F2N4O2. The number of fused-ring (bicyclic) bond motifs is 1. The number of rotatable bonds is 8. The van der Waals surface area contributed by atoms with Gasteiger partial charge in [-0.2, -0.15) is 0 Å². The first-order chi connectivity index (χ1) is 16.9. The van der Waals surface area contributed by atoms with Gasteiger partial charge >= 0.3 is 0 Å². The number of carbonyl (C=O) groups is 2. The number of amides is 2. The van der Waals surface area contributed by atoms with Gasteiger partial charge in [0.05, 0.1) is 6.04 Å². The number of benzene rings is 3. The van der Waals surface area contributed by atoms with E-state index in [9.17, 15) is 18.4 Å². The molecule has 4 N–H and O–H groups in total. The summed E-state index contributed by atoms with van der Waals surface area (Å²) in [6.45, 7) is 1.31. The summed E-state index contributed by atoms with van der Waals surface area (Å²) in [6.07, 6.45) is 1.78. The minimum Gasteiger partial charge on any atom is -0.350 e. The number of nitrogens with one attached hydrogen (secondary N) is 2. The van der Waals surface area contributed by atoms with Crippen LogP contribution in [0, 0.1) is 11.6 Å². The predicted octanol–water partition coefficient (Wildman–Crippen LogP) is 3.35. The molecule has 3 aromatic rings. The van der Waals surface area contributed by atoms with Crippen LogP contribution < -0.4 is 16.4 Å². The summed E-state index contributed by atoms with van der Waals surface area (Å²) in [7, 11) is 0. The van der Waals surface area contributed by atoms with E-state index in [0.717, 1.165) is 16.8 Å². The van der Waals surface area contributed by atoms with E-state index >= 15 is 0 Å². The third-order valence-electron chi connectivity index (χ3n) is 6.31. The Balaban J connectivity index is 1.43. The standard InChI is InChI=1S/C27H30F2N4O2/c28-22-12-18(13-23(29)15-22)17-33-11-9-24(32-25(27(33)35)6-3-10-30)16-31-26(34)21-8-7-19-4-1-2-5-20(19)14-21/h1-2,4-5,7-8,12-15,24-25,32H,3,6,9-11,16-17,30H2,(H,31,34)/t24-,25-/m0/s1. The summed E-state index contributed by atoms with van der Waals surface area (Å²) in [4.78, 5) is 27.6. The summed E-state index contributed by atoms with van der Waals surface area (Å²) < 4.78 is 27.3. The first-order valence-electron chi connectivity index (χ1n) is 11.9. The second-order valence-electron chi connectivity index (χ2n) is 8.95. The number of hydrogen-bond donors (Lipinski definition) is 3. The van der Waals surface area contributed by atoms with Crippen molar-refractivity contribution in [2.24, 2.45) is 5.73 Å². The van der Waals surface area contributed by atoms with Crippen LogP contribution in [0.2, 0.25) is 0 Å². The maximum Gasteiger partial charge on any atom is 0.251 e. The molecule has 184 valence electrons. The summed E-state index contributed by atoms with van der Waals surface area (Å²) in [5.41, 5.74) is 6.64. The van der Waals surface area contributed by atoms with Crippen molar-refractivity contribution in [2.75, 3.05) is 19.6 Å². The quantitative estimate of drug-likeness (QED) is 0.462. The molecular weight excluding hydrogens is 450 g/mol. The normalized spacial score (nSPS) is 18.5. The highest BCUT2D eigenvalue weighted by Crippen LogP contribution is 2.18. The molecule has 1 saturated heterocycles. The first-order valence-corrected chi connectivity index (χ1v) is 11.9. The lowest BCUT2D eigenvalue weighted by Crippen LogP contribution is -2.48. The molecule has 0 radical (unpaired) electrons. The van der Waals surface area contributed by atoms with Gasteiger partial charge in [-0.15, -0.1) is 0 Å². The molecule has 6 nitrogen and oxygen atoms in total. The van der Waals surface area contributed by atoms with Gasteiger partial charge in [-0.3, -0.25) is 9.59 Å². The van der Waals surface area contributed by atoms with Crippen LogP contribution in [0.4, 0.5) is 8.78 Å². The second kappa shape index (κ2) is 11.4. The van der Waals surface area contributed by atoms with Gasteiger partial charge in [0.25, 0.3) is 5.91 Å². The molecule has 35 heavy (non-hydrogen) atoms. The van der Waals surface area contributed by atoms with E-state index in [2.05, 4.69) is 10.6 Å². The Morgan fingerprint density at radius 1 is 1.06 bits per heavy atom. The molecule has 2 atom stereocenters. The fourth-order valence-corrected chi connectivity index (χ4v) is 4.50. The number of carbonyl (C=O) groups excluding carboxylic acids is 2. The van der Waals surface area contributed by atoms with E-state index in [0.29, 0.717) is 50.0 Å². The van der Waals surface area contributed by atoms with Crippen LogP contribution in [0.15, 0.2) is 60.7 Å².